The van der Waals surface area contributed by atoms with Crippen molar-refractivity contribution in [1.29, 1.82) is 0 Å². The van der Waals surface area contributed by atoms with Gasteiger partial charge in [-0.1, -0.05) is 23.2 Å². The average molecular weight is 315 g/mol. The second-order valence-electron chi connectivity index (χ2n) is 4.24. The monoisotopic (exact) mass is 314 g/mol. The molecule has 0 amide bonds. The maximum absolute atomic E-state index is 11.8. The first-order valence-electron chi connectivity index (χ1n) is 5.74. The van der Waals surface area contributed by atoms with Crippen LogP contribution in [0.25, 0.3) is 0 Å². The smallest absolute Gasteiger partial charge is 0.330 e. The molecule has 2 rings (SSSR count). The highest BCUT2D eigenvalue weighted by molar-refractivity contribution is 6.42. The zero-order chi connectivity index (χ0) is 14.9. The molecule has 0 saturated carbocycles. The molecule has 1 aromatic heterocycles. The van der Waals surface area contributed by atoms with Crippen LogP contribution in [0.2, 0.25) is 10.0 Å². The van der Waals surface area contributed by atoms with E-state index in [1.165, 1.54) is 17.7 Å². The number of halogens is 2. The van der Waals surface area contributed by atoms with Crippen LogP contribution in [0, 0.1) is 0 Å². The van der Waals surface area contributed by atoms with Crippen LogP contribution < -0.4 is 16.0 Å². The van der Waals surface area contributed by atoms with Crippen LogP contribution in [0.4, 0.5) is 0 Å². The molecule has 0 atom stereocenters. The minimum absolute atomic E-state index is 0.0831. The molecule has 0 fully saturated rings. The third kappa shape index (κ3) is 2.89. The van der Waals surface area contributed by atoms with E-state index in [0.29, 0.717) is 21.5 Å². The van der Waals surface area contributed by atoms with Gasteiger partial charge in [-0.3, -0.25) is 13.9 Å². The molecule has 0 aliphatic carbocycles. The van der Waals surface area contributed by atoms with Gasteiger partial charge in [0.05, 0.1) is 15.7 Å². The van der Waals surface area contributed by atoms with Gasteiger partial charge < -0.3 is 4.74 Å². The molecular weight excluding hydrogens is 303 g/mol. The Balaban J connectivity index is 2.25. The van der Waals surface area contributed by atoms with Crippen LogP contribution in [-0.2, 0) is 20.7 Å². The molecule has 0 aliphatic rings. The summed E-state index contributed by atoms with van der Waals surface area (Å²) in [7, 11) is 3.00. The molecule has 0 bridgehead atoms. The van der Waals surface area contributed by atoms with Gasteiger partial charge in [-0.15, -0.1) is 0 Å². The Morgan fingerprint density at radius 3 is 2.40 bits per heavy atom. The first kappa shape index (κ1) is 14.7. The van der Waals surface area contributed by atoms with E-state index < -0.39 is 5.69 Å². The van der Waals surface area contributed by atoms with Gasteiger partial charge in [0, 0.05) is 26.2 Å². The van der Waals surface area contributed by atoms with Crippen molar-refractivity contribution in [1.82, 2.24) is 9.13 Å². The predicted molar refractivity (Wildman–Crippen MR) is 77.7 cm³/mol. The molecule has 106 valence electrons. The molecule has 0 aliphatic heterocycles. The molecular formula is C13H12Cl2N2O3. The van der Waals surface area contributed by atoms with Crippen molar-refractivity contribution in [2.45, 2.75) is 6.61 Å². The quantitative estimate of drug-likeness (QED) is 0.870. The minimum atomic E-state index is -0.398. The summed E-state index contributed by atoms with van der Waals surface area (Å²) in [4.78, 5) is 23.3. The van der Waals surface area contributed by atoms with Crippen molar-refractivity contribution in [2.75, 3.05) is 0 Å². The number of hydrogen-bond donors (Lipinski definition) is 0. The fourth-order valence-electron chi connectivity index (χ4n) is 1.64. The van der Waals surface area contributed by atoms with E-state index in [2.05, 4.69) is 0 Å². The van der Waals surface area contributed by atoms with Gasteiger partial charge in [0.25, 0.3) is 5.56 Å². The zero-order valence-corrected chi connectivity index (χ0v) is 12.4. The summed E-state index contributed by atoms with van der Waals surface area (Å²) in [5, 5.41) is 0.807. The molecule has 2 aromatic rings. The van der Waals surface area contributed by atoms with Gasteiger partial charge in [0.1, 0.15) is 12.4 Å². The predicted octanol–water partition coefficient (Wildman–Crippen LogP) is 1.97. The third-order valence-electron chi connectivity index (χ3n) is 2.90. The zero-order valence-electron chi connectivity index (χ0n) is 10.9. The summed E-state index contributed by atoms with van der Waals surface area (Å²) in [6.45, 7) is 0.0831. The Kier molecular flexibility index (Phi) is 4.20. The number of benzene rings is 1. The van der Waals surface area contributed by atoms with Crippen LogP contribution in [0.5, 0.6) is 5.75 Å². The number of aromatic nitrogens is 2. The highest BCUT2D eigenvalue weighted by Crippen LogP contribution is 2.26. The Labute approximate surface area is 124 Å². The van der Waals surface area contributed by atoms with E-state index in [4.69, 9.17) is 27.9 Å². The van der Waals surface area contributed by atoms with Gasteiger partial charge in [-0.25, -0.2) is 4.79 Å². The normalized spacial score (nSPS) is 10.6. The largest absolute Gasteiger partial charge is 0.487 e. The molecule has 20 heavy (non-hydrogen) atoms. The lowest BCUT2D eigenvalue weighted by Gasteiger charge is -2.11. The van der Waals surface area contributed by atoms with Crippen molar-refractivity contribution in [3.8, 4) is 5.75 Å². The maximum Gasteiger partial charge on any atom is 0.330 e. The second-order valence-corrected chi connectivity index (χ2v) is 5.05. The number of nitrogens with zero attached hydrogens (tertiary/aromatic N) is 2. The molecule has 0 unspecified atom stereocenters. The van der Waals surface area contributed by atoms with Crippen molar-refractivity contribution >= 4 is 23.2 Å². The molecule has 0 spiro atoms. The standard InChI is InChI=1S/C13H12Cl2N2O3/c1-16-8(5-12(18)17(2)13(16)19)7-20-9-3-4-10(14)11(15)6-9/h3-6H,7H2,1-2H3. The van der Waals surface area contributed by atoms with E-state index in [9.17, 15) is 9.59 Å². The molecule has 0 N–H and O–H groups in total. The Bertz CT molecular complexity index is 765. The Morgan fingerprint density at radius 2 is 1.75 bits per heavy atom. The maximum atomic E-state index is 11.8. The van der Waals surface area contributed by atoms with Crippen LogP contribution in [-0.4, -0.2) is 9.13 Å². The van der Waals surface area contributed by atoms with Crippen LogP contribution in [0.1, 0.15) is 5.69 Å². The van der Waals surface area contributed by atoms with E-state index >= 15 is 0 Å². The second kappa shape index (κ2) is 5.73. The van der Waals surface area contributed by atoms with E-state index in [1.807, 2.05) is 0 Å². The Hall–Kier alpha value is -1.72. The number of hydrogen-bond acceptors (Lipinski definition) is 3. The van der Waals surface area contributed by atoms with Crippen LogP contribution in [0.3, 0.4) is 0 Å². The molecule has 0 radical (unpaired) electrons. The number of ether oxygens (including phenoxy) is 1. The SMILES string of the molecule is Cn1c(COc2ccc(Cl)c(Cl)c2)cc(=O)n(C)c1=O. The molecule has 1 heterocycles. The summed E-state index contributed by atoms with van der Waals surface area (Å²) in [6.07, 6.45) is 0. The van der Waals surface area contributed by atoms with Gasteiger partial charge in [0.2, 0.25) is 0 Å². The highest BCUT2D eigenvalue weighted by atomic mass is 35.5. The summed E-state index contributed by atoms with van der Waals surface area (Å²) in [6, 6.07) is 6.21. The molecule has 7 heteroatoms. The average Bonchev–Trinajstić information content (AvgIpc) is 2.42. The summed E-state index contributed by atoms with van der Waals surface area (Å²) >= 11 is 11.7. The minimum Gasteiger partial charge on any atom is -0.487 e. The summed E-state index contributed by atoms with van der Waals surface area (Å²) in [5.41, 5.74) is -0.296. The lowest BCUT2D eigenvalue weighted by atomic mass is 10.3. The Morgan fingerprint density at radius 1 is 1.05 bits per heavy atom. The van der Waals surface area contributed by atoms with Gasteiger partial charge in [-0.2, -0.15) is 0 Å². The van der Waals surface area contributed by atoms with Crippen molar-refractivity contribution in [3.63, 3.8) is 0 Å². The summed E-state index contributed by atoms with van der Waals surface area (Å²) < 4.78 is 7.90. The van der Waals surface area contributed by atoms with Crippen molar-refractivity contribution < 1.29 is 4.74 Å². The van der Waals surface area contributed by atoms with Gasteiger partial charge >= 0.3 is 5.69 Å². The van der Waals surface area contributed by atoms with Crippen LogP contribution >= 0.6 is 23.2 Å². The van der Waals surface area contributed by atoms with Crippen molar-refractivity contribution in [3.05, 3.63) is 60.8 Å². The third-order valence-corrected chi connectivity index (χ3v) is 3.64. The molecule has 5 nitrogen and oxygen atoms in total. The van der Waals surface area contributed by atoms with Gasteiger partial charge in [0.15, 0.2) is 0 Å². The highest BCUT2D eigenvalue weighted by Gasteiger charge is 2.07. The number of rotatable bonds is 3. The summed E-state index contributed by atoms with van der Waals surface area (Å²) in [5.74, 6) is 0.507. The fourth-order valence-corrected chi connectivity index (χ4v) is 1.93. The van der Waals surface area contributed by atoms with E-state index in [0.717, 1.165) is 4.57 Å². The van der Waals surface area contributed by atoms with E-state index in [1.54, 1.807) is 25.2 Å². The van der Waals surface area contributed by atoms with Crippen molar-refractivity contribution in [2.24, 2.45) is 14.1 Å². The first-order chi connectivity index (χ1) is 9.40. The lowest BCUT2D eigenvalue weighted by Crippen LogP contribution is -2.38. The van der Waals surface area contributed by atoms with Crippen LogP contribution in [0.15, 0.2) is 33.9 Å². The van der Waals surface area contributed by atoms with E-state index in [-0.39, 0.29) is 12.2 Å². The fraction of sp³-hybridized carbons (Fsp3) is 0.231. The van der Waals surface area contributed by atoms with Gasteiger partial charge in [-0.05, 0) is 12.1 Å². The molecule has 0 saturated heterocycles. The first-order valence-corrected chi connectivity index (χ1v) is 6.49. The lowest BCUT2D eigenvalue weighted by molar-refractivity contribution is 0.293. The topological polar surface area (TPSA) is 53.2 Å². The molecule has 1 aromatic carbocycles.